The number of ether oxygens (including phenoxy) is 2. The minimum atomic E-state index is -4.35. The number of piperidine rings is 2. The maximum atomic E-state index is 13.0. The summed E-state index contributed by atoms with van der Waals surface area (Å²) in [4.78, 5) is 33.4. The predicted octanol–water partition coefficient (Wildman–Crippen LogP) is 5.33. The lowest BCUT2D eigenvalue weighted by Crippen LogP contribution is -2.44. The molecule has 0 atom stereocenters. The summed E-state index contributed by atoms with van der Waals surface area (Å²) in [5.74, 6) is -0.206. The van der Waals surface area contributed by atoms with Gasteiger partial charge in [0.15, 0.2) is 0 Å². The van der Waals surface area contributed by atoms with Crippen molar-refractivity contribution < 1.29 is 32.2 Å². The van der Waals surface area contributed by atoms with Crippen molar-refractivity contribution in [2.75, 3.05) is 38.2 Å². The lowest BCUT2D eigenvalue weighted by molar-refractivity contribution is -0.137. The Labute approximate surface area is 248 Å². The molecule has 2 saturated heterocycles. The Morgan fingerprint density at radius 3 is 2.21 bits per heavy atom. The van der Waals surface area contributed by atoms with Gasteiger partial charge in [0.1, 0.15) is 11.8 Å². The molecule has 0 saturated carbocycles. The highest BCUT2D eigenvalue weighted by Gasteiger charge is 2.30. The third-order valence-corrected chi connectivity index (χ3v) is 7.95. The molecule has 0 radical (unpaired) electrons. The van der Waals surface area contributed by atoms with E-state index in [0.717, 1.165) is 55.9 Å². The van der Waals surface area contributed by atoms with Crippen molar-refractivity contribution in [1.82, 2.24) is 15.2 Å². The van der Waals surface area contributed by atoms with Crippen molar-refractivity contribution in [3.8, 4) is 5.88 Å². The monoisotopic (exact) mass is 596 g/mol. The van der Waals surface area contributed by atoms with Crippen molar-refractivity contribution in [2.24, 2.45) is 0 Å². The number of alkyl halides is 3. The molecule has 0 bridgehead atoms. The van der Waals surface area contributed by atoms with E-state index in [1.54, 1.807) is 30.3 Å². The average molecular weight is 597 g/mol. The lowest BCUT2D eigenvalue weighted by Gasteiger charge is -2.33. The number of pyridine rings is 1. The summed E-state index contributed by atoms with van der Waals surface area (Å²) in [5, 5.41) is 3.10. The molecule has 2 fully saturated rings. The number of aromatic nitrogens is 1. The number of esters is 1. The smallest absolute Gasteiger partial charge is 0.416 e. The van der Waals surface area contributed by atoms with Crippen LogP contribution in [0.15, 0.2) is 66.7 Å². The molecule has 3 heterocycles. The molecule has 8 nitrogen and oxygen atoms in total. The second-order valence-electron chi connectivity index (χ2n) is 10.9. The second-order valence-corrected chi connectivity index (χ2v) is 10.9. The quantitative estimate of drug-likeness (QED) is 0.352. The summed E-state index contributed by atoms with van der Waals surface area (Å²) in [6.07, 6.45) is -1.43. The number of anilines is 1. The number of halogens is 3. The molecule has 43 heavy (non-hydrogen) atoms. The minimum absolute atomic E-state index is 0.0475. The number of hydrogen-bond donors (Lipinski definition) is 1. The topological polar surface area (TPSA) is 84.0 Å². The van der Waals surface area contributed by atoms with Crippen LogP contribution in [0.3, 0.4) is 0 Å². The van der Waals surface area contributed by atoms with E-state index in [0.29, 0.717) is 43.1 Å². The van der Waals surface area contributed by atoms with Gasteiger partial charge in [0.05, 0.1) is 18.2 Å². The molecule has 1 N–H and O–H groups in total. The first-order valence-corrected chi connectivity index (χ1v) is 14.4. The van der Waals surface area contributed by atoms with Crippen molar-refractivity contribution >= 4 is 17.6 Å². The van der Waals surface area contributed by atoms with E-state index in [-0.39, 0.29) is 24.0 Å². The highest BCUT2D eigenvalue weighted by atomic mass is 19.4. The van der Waals surface area contributed by atoms with Crippen molar-refractivity contribution in [2.45, 2.75) is 50.6 Å². The van der Waals surface area contributed by atoms with Crippen LogP contribution in [0.5, 0.6) is 5.88 Å². The van der Waals surface area contributed by atoms with Gasteiger partial charge in [-0.05, 0) is 60.9 Å². The second kappa shape index (κ2) is 13.5. The van der Waals surface area contributed by atoms with Crippen molar-refractivity contribution in [3.05, 3.63) is 89.1 Å². The molecule has 3 aromatic rings. The summed E-state index contributed by atoms with van der Waals surface area (Å²) in [5.41, 5.74) is 2.03. The van der Waals surface area contributed by atoms with Gasteiger partial charge in [-0.25, -0.2) is 9.78 Å². The number of likely N-dealkylation sites (tertiary alicyclic amines) is 1. The van der Waals surface area contributed by atoms with E-state index < -0.39 is 11.7 Å². The molecule has 5 rings (SSSR count). The normalized spacial score (nSPS) is 17.0. The third kappa shape index (κ3) is 8.04. The number of amides is 1. The lowest BCUT2D eigenvalue weighted by atomic mass is 10.0. The van der Waals surface area contributed by atoms with E-state index in [2.05, 4.69) is 15.2 Å². The molecule has 2 aliphatic rings. The molecule has 2 aliphatic heterocycles. The minimum Gasteiger partial charge on any atom is -0.474 e. The first-order valence-electron chi connectivity index (χ1n) is 14.4. The third-order valence-electron chi connectivity index (χ3n) is 7.95. The standard InChI is InChI=1S/C32H35F3N4O4/c1-42-31(41)23-7-5-22(6-8-23)21-38-17-13-25(14-18-38)36-30(40)28-3-2-4-29(37-28)43-27-15-19-39(20-16-27)26-11-9-24(10-12-26)32(33,34)35/h2-12,25,27H,13-21H2,1H3,(H,36,40). The molecule has 0 unspecified atom stereocenters. The van der Waals surface area contributed by atoms with Gasteiger partial charge in [-0.15, -0.1) is 0 Å². The largest absolute Gasteiger partial charge is 0.474 e. The zero-order chi connectivity index (χ0) is 30.4. The summed E-state index contributed by atoms with van der Waals surface area (Å²) >= 11 is 0. The zero-order valence-electron chi connectivity index (χ0n) is 24.0. The van der Waals surface area contributed by atoms with Crippen molar-refractivity contribution in [1.29, 1.82) is 0 Å². The molecular weight excluding hydrogens is 561 g/mol. The number of methoxy groups -OCH3 is 1. The Morgan fingerprint density at radius 2 is 1.58 bits per heavy atom. The SMILES string of the molecule is COC(=O)c1ccc(CN2CCC(NC(=O)c3cccc(OC4CCN(c5ccc(C(F)(F)F)cc5)CC4)n3)CC2)cc1. The van der Waals surface area contributed by atoms with Crippen LogP contribution in [-0.4, -0.2) is 67.2 Å². The Balaban J connectivity index is 1.06. The Kier molecular flexibility index (Phi) is 9.49. The summed E-state index contributed by atoms with van der Waals surface area (Å²) in [6, 6.07) is 17.8. The molecule has 0 aliphatic carbocycles. The highest BCUT2D eigenvalue weighted by molar-refractivity contribution is 5.92. The Hall–Kier alpha value is -4.12. The van der Waals surface area contributed by atoms with Crippen LogP contribution < -0.4 is 15.0 Å². The summed E-state index contributed by atoms with van der Waals surface area (Å²) < 4.78 is 49.4. The van der Waals surface area contributed by atoms with E-state index >= 15 is 0 Å². The van der Waals surface area contributed by atoms with Crippen LogP contribution >= 0.6 is 0 Å². The van der Waals surface area contributed by atoms with E-state index in [1.165, 1.54) is 19.2 Å². The number of nitrogens with zero attached hydrogens (tertiary/aromatic N) is 3. The fourth-order valence-electron chi connectivity index (χ4n) is 5.49. The van der Waals surface area contributed by atoms with Gasteiger partial charge in [0, 0.05) is 63.4 Å². The van der Waals surface area contributed by atoms with Gasteiger partial charge in [-0.1, -0.05) is 18.2 Å². The molecule has 1 aromatic heterocycles. The number of carbonyl (C=O) groups excluding carboxylic acids is 2. The Morgan fingerprint density at radius 1 is 0.907 bits per heavy atom. The Bertz CT molecular complexity index is 1380. The van der Waals surface area contributed by atoms with Gasteiger partial charge in [-0.2, -0.15) is 13.2 Å². The summed E-state index contributed by atoms with van der Waals surface area (Å²) in [7, 11) is 1.36. The zero-order valence-corrected chi connectivity index (χ0v) is 24.0. The van der Waals surface area contributed by atoms with E-state index in [4.69, 9.17) is 9.47 Å². The van der Waals surface area contributed by atoms with E-state index in [1.807, 2.05) is 17.0 Å². The van der Waals surface area contributed by atoms with Gasteiger partial charge < -0.3 is 19.7 Å². The van der Waals surface area contributed by atoms with Crippen LogP contribution in [0.2, 0.25) is 0 Å². The van der Waals surface area contributed by atoms with Crippen LogP contribution in [0.1, 0.15) is 57.7 Å². The highest BCUT2D eigenvalue weighted by Crippen LogP contribution is 2.31. The first kappa shape index (κ1) is 30.3. The molecule has 2 aromatic carbocycles. The molecule has 11 heteroatoms. The van der Waals surface area contributed by atoms with Crippen LogP contribution in [0.4, 0.5) is 18.9 Å². The number of rotatable bonds is 8. The van der Waals surface area contributed by atoms with Crippen LogP contribution in [0, 0.1) is 0 Å². The number of hydrogen-bond acceptors (Lipinski definition) is 7. The van der Waals surface area contributed by atoms with Gasteiger partial charge in [0.2, 0.25) is 5.88 Å². The van der Waals surface area contributed by atoms with E-state index in [9.17, 15) is 22.8 Å². The fourth-order valence-corrected chi connectivity index (χ4v) is 5.49. The van der Waals surface area contributed by atoms with Crippen LogP contribution in [-0.2, 0) is 17.5 Å². The van der Waals surface area contributed by atoms with Gasteiger partial charge >= 0.3 is 12.1 Å². The maximum absolute atomic E-state index is 13.0. The maximum Gasteiger partial charge on any atom is 0.416 e. The molecule has 1 amide bonds. The number of nitrogens with one attached hydrogen (secondary N) is 1. The van der Waals surface area contributed by atoms with Crippen molar-refractivity contribution in [3.63, 3.8) is 0 Å². The number of carbonyl (C=O) groups is 2. The molecule has 0 spiro atoms. The average Bonchev–Trinajstić information content (AvgIpc) is 3.02. The summed E-state index contributed by atoms with van der Waals surface area (Å²) in [6.45, 7) is 3.74. The molecule has 228 valence electrons. The first-order chi connectivity index (χ1) is 20.7. The predicted molar refractivity (Wildman–Crippen MR) is 155 cm³/mol. The van der Waals surface area contributed by atoms with Gasteiger partial charge in [-0.3, -0.25) is 9.69 Å². The van der Waals surface area contributed by atoms with Crippen LogP contribution in [0.25, 0.3) is 0 Å². The number of benzene rings is 2. The fraction of sp³-hybridized carbons (Fsp3) is 0.406. The molecular formula is C32H35F3N4O4. The van der Waals surface area contributed by atoms with Gasteiger partial charge in [0.25, 0.3) is 5.91 Å².